The molecule has 0 fully saturated rings. The molecule has 3 rings (SSSR count). The first-order valence-electron chi connectivity index (χ1n) is 8.76. The number of hydrogen-bond acceptors (Lipinski definition) is 7. The number of hydrogen-bond donors (Lipinski definition) is 1. The van der Waals surface area contributed by atoms with E-state index in [-0.39, 0.29) is 11.3 Å². The molecule has 1 N–H and O–H groups in total. The number of aliphatic hydroxyl groups excluding tert-OH is 1. The van der Waals surface area contributed by atoms with Crippen LogP contribution in [0.2, 0.25) is 0 Å². The van der Waals surface area contributed by atoms with Gasteiger partial charge in [0.2, 0.25) is 0 Å². The average molecular weight is 411 g/mol. The van der Waals surface area contributed by atoms with Crippen molar-refractivity contribution in [1.29, 1.82) is 0 Å². The van der Waals surface area contributed by atoms with Crippen LogP contribution in [0.3, 0.4) is 0 Å². The quantitative estimate of drug-likeness (QED) is 0.711. The van der Waals surface area contributed by atoms with Crippen LogP contribution in [-0.2, 0) is 9.53 Å². The van der Waals surface area contributed by atoms with Gasteiger partial charge in [0, 0.05) is 5.56 Å². The summed E-state index contributed by atoms with van der Waals surface area (Å²) in [6.07, 6.45) is 1.73. The van der Waals surface area contributed by atoms with Crippen LogP contribution in [0.4, 0.5) is 5.69 Å². The normalized spacial score (nSPS) is 16.4. The number of carbonyl (C=O) groups excluding carboxylic acids is 1. The van der Waals surface area contributed by atoms with Gasteiger partial charge in [-0.3, -0.25) is 0 Å². The standard InChI is InChI=1S/C22H21NO5S/c1-13-6-5-7-15(10-13)23-21-19(22(25)28-4)20(24)18(29-21)12-14-11-16(26-2)8-9-17(14)27-3/h5-12,24H,1-4H3. The van der Waals surface area contributed by atoms with Crippen molar-refractivity contribution in [3.05, 3.63) is 69.8 Å². The first kappa shape index (κ1) is 20.5. The van der Waals surface area contributed by atoms with Gasteiger partial charge in [0.15, 0.2) is 0 Å². The number of aliphatic hydroxyl groups is 1. The van der Waals surface area contributed by atoms with Crippen molar-refractivity contribution in [1.82, 2.24) is 0 Å². The summed E-state index contributed by atoms with van der Waals surface area (Å²) in [4.78, 5) is 17.3. The van der Waals surface area contributed by atoms with Crippen molar-refractivity contribution in [3.8, 4) is 11.5 Å². The highest BCUT2D eigenvalue weighted by Crippen LogP contribution is 2.41. The second kappa shape index (κ2) is 8.87. The van der Waals surface area contributed by atoms with Crippen LogP contribution in [0.1, 0.15) is 11.1 Å². The molecule has 2 aromatic carbocycles. The molecule has 6 nitrogen and oxygen atoms in total. The van der Waals surface area contributed by atoms with Crippen molar-refractivity contribution in [2.24, 2.45) is 4.99 Å². The first-order chi connectivity index (χ1) is 14.0. The highest BCUT2D eigenvalue weighted by atomic mass is 32.2. The second-order valence-corrected chi connectivity index (χ2v) is 7.22. The molecule has 1 heterocycles. The molecule has 2 aromatic rings. The third-order valence-electron chi connectivity index (χ3n) is 4.24. The molecule has 1 aliphatic rings. The minimum absolute atomic E-state index is 0.0344. The van der Waals surface area contributed by atoms with Gasteiger partial charge in [0.05, 0.1) is 31.9 Å². The maximum Gasteiger partial charge on any atom is 0.344 e. The van der Waals surface area contributed by atoms with E-state index in [9.17, 15) is 9.90 Å². The molecule has 0 unspecified atom stereocenters. The number of methoxy groups -OCH3 is 3. The predicted molar refractivity (Wildman–Crippen MR) is 115 cm³/mol. The number of benzene rings is 2. The Morgan fingerprint density at radius 2 is 1.90 bits per heavy atom. The lowest BCUT2D eigenvalue weighted by Crippen LogP contribution is -2.10. The summed E-state index contributed by atoms with van der Waals surface area (Å²) in [6.45, 7) is 1.96. The van der Waals surface area contributed by atoms with Gasteiger partial charge in [0.25, 0.3) is 0 Å². The maximum atomic E-state index is 12.3. The molecule has 0 aromatic heterocycles. The van der Waals surface area contributed by atoms with Crippen LogP contribution in [0.15, 0.2) is 63.7 Å². The van der Waals surface area contributed by atoms with Gasteiger partial charge in [-0.25, -0.2) is 9.79 Å². The molecule has 29 heavy (non-hydrogen) atoms. The van der Waals surface area contributed by atoms with E-state index >= 15 is 0 Å². The number of esters is 1. The number of rotatable bonds is 5. The molecule has 0 radical (unpaired) electrons. The zero-order valence-electron chi connectivity index (χ0n) is 16.6. The molecule has 0 aliphatic carbocycles. The maximum absolute atomic E-state index is 12.3. The highest BCUT2D eigenvalue weighted by Gasteiger charge is 2.33. The zero-order valence-corrected chi connectivity index (χ0v) is 17.4. The fourth-order valence-corrected chi connectivity index (χ4v) is 3.82. The Labute approximate surface area is 173 Å². The molecule has 0 saturated heterocycles. The highest BCUT2D eigenvalue weighted by molar-refractivity contribution is 8.18. The summed E-state index contributed by atoms with van der Waals surface area (Å²) in [5, 5.41) is 11.1. The first-order valence-corrected chi connectivity index (χ1v) is 9.57. The van der Waals surface area contributed by atoms with E-state index in [2.05, 4.69) is 4.99 Å². The monoisotopic (exact) mass is 411 g/mol. The minimum atomic E-state index is -0.651. The van der Waals surface area contributed by atoms with Gasteiger partial charge in [-0.15, -0.1) is 0 Å². The molecule has 0 atom stereocenters. The van der Waals surface area contributed by atoms with Crippen molar-refractivity contribution in [3.63, 3.8) is 0 Å². The van der Waals surface area contributed by atoms with E-state index in [1.54, 1.807) is 38.5 Å². The van der Waals surface area contributed by atoms with E-state index in [1.165, 1.54) is 18.9 Å². The average Bonchev–Trinajstić information content (AvgIpc) is 3.02. The van der Waals surface area contributed by atoms with Gasteiger partial charge in [-0.1, -0.05) is 23.9 Å². The van der Waals surface area contributed by atoms with Crippen LogP contribution < -0.4 is 9.47 Å². The van der Waals surface area contributed by atoms with Gasteiger partial charge in [-0.2, -0.15) is 0 Å². The molecular formula is C22H21NO5S. The van der Waals surface area contributed by atoms with Crippen molar-refractivity contribution in [2.75, 3.05) is 21.3 Å². The van der Waals surface area contributed by atoms with Gasteiger partial charge in [0.1, 0.15) is 27.9 Å². The molecule has 0 amide bonds. The van der Waals surface area contributed by atoms with Crippen LogP contribution in [-0.4, -0.2) is 37.4 Å². The van der Waals surface area contributed by atoms with E-state index in [0.29, 0.717) is 32.7 Å². The van der Waals surface area contributed by atoms with Crippen molar-refractivity contribution < 1.29 is 24.1 Å². The van der Waals surface area contributed by atoms with E-state index < -0.39 is 5.97 Å². The molecule has 0 saturated carbocycles. The summed E-state index contributed by atoms with van der Waals surface area (Å²) < 4.78 is 15.5. The summed E-state index contributed by atoms with van der Waals surface area (Å²) in [7, 11) is 4.40. The summed E-state index contributed by atoms with van der Waals surface area (Å²) >= 11 is 1.19. The smallest absolute Gasteiger partial charge is 0.344 e. The van der Waals surface area contributed by atoms with Crippen LogP contribution in [0.5, 0.6) is 11.5 Å². The van der Waals surface area contributed by atoms with Gasteiger partial charge in [-0.05, 0) is 48.9 Å². The third-order valence-corrected chi connectivity index (χ3v) is 5.26. The topological polar surface area (TPSA) is 77.4 Å². The van der Waals surface area contributed by atoms with E-state index in [0.717, 1.165) is 5.56 Å². The molecule has 150 valence electrons. The number of carbonyl (C=O) groups is 1. The van der Waals surface area contributed by atoms with Crippen LogP contribution in [0.25, 0.3) is 6.08 Å². The number of aliphatic imine (C=N–C) groups is 1. The fourth-order valence-electron chi connectivity index (χ4n) is 2.80. The lowest BCUT2D eigenvalue weighted by Gasteiger charge is -2.08. The van der Waals surface area contributed by atoms with Gasteiger partial charge < -0.3 is 19.3 Å². The Hall–Kier alpha value is -3.19. The van der Waals surface area contributed by atoms with E-state index in [4.69, 9.17) is 14.2 Å². The van der Waals surface area contributed by atoms with E-state index in [1.807, 2.05) is 31.2 Å². The lowest BCUT2D eigenvalue weighted by atomic mass is 10.1. The number of thioether (sulfide) groups is 1. The van der Waals surface area contributed by atoms with Crippen LogP contribution in [0, 0.1) is 6.92 Å². The Morgan fingerprint density at radius 1 is 1.10 bits per heavy atom. The molecule has 7 heteroatoms. The molecule has 0 bridgehead atoms. The lowest BCUT2D eigenvalue weighted by molar-refractivity contribution is -0.135. The predicted octanol–water partition coefficient (Wildman–Crippen LogP) is 4.82. The molecular weight excluding hydrogens is 390 g/mol. The Bertz CT molecular complexity index is 1040. The summed E-state index contributed by atoms with van der Waals surface area (Å²) in [5.74, 6) is 0.418. The molecule has 0 spiro atoms. The Balaban J connectivity index is 2.09. The Morgan fingerprint density at radius 3 is 2.55 bits per heavy atom. The largest absolute Gasteiger partial charge is 0.506 e. The fraction of sp³-hybridized carbons (Fsp3) is 0.182. The number of nitrogens with zero attached hydrogens (tertiary/aromatic N) is 1. The van der Waals surface area contributed by atoms with Crippen molar-refractivity contribution >= 4 is 34.5 Å². The Kier molecular flexibility index (Phi) is 6.29. The zero-order chi connectivity index (χ0) is 21.0. The number of ether oxygens (including phenoxy) is 3. The number of aryl methyl sites for hydroxylation is 1. The summed E-state index contributed by atoms with van der Waals surface area (Å²) in [6, 6.07) is 12.9. The minimum Gasteiger partial charge on any atom is -0.506 e. The molecule has 1 aliphatic heterocycles. The van der Waals surface area contributed by atoms with Crippen molar-refractivity contribution in [2.45, 2.75) is 6.92 Å². The van der Waals surface area contributed by atoms with Crippen LogP contribution >= 0.6 is 11.8 Å². The summed E-state index contributed by atoms with van der Waals surface area (Å²) in [5.41, 5.74) is 2.45. The third kappa shape index (κ3) is 4.46. The second-order valence-electron chi connectivity index (χ2n) is 6.19. The SMILES string of the molecule is COC(=O)C1=C(O)C(=Cc2cc(OC)ccc2OC)SC1=Nc1cccc(C)c1. The van der Waals surface area contributed by atoms with Gasteiger partial charge >= 0.3 is 5.97 Å².